The third-order valence-electron chi connectivity index (χ3n) is 7.02. The number of aryl methyl sites for hydroxylation is 1. The first kappa shape index (κ1) is 19.4. The van der Waals surface area contributed by atoms with E-state index in [-0.39, 0.29) is 17.2 Å². The Hall–Kier alpha value is -1.92. The van der Waals surface area contributed by atoms with E-state index >= 15 is 0 Å². The number of aliphatic hydroxyl groups excluding tert-OH is 1. The van der Waals surface area contributed by atoms with E-state index in [1.54, 1.807) is 0 Å². The Morgan fingerprint density at radius 3 is 2.86 bits per heavy atom. The Balaban J connectivity index is 1.69. The minimum Gasteiger partial charge on any atom is -0.394 e. The summed E-state index contributed by atoms with van der Waals surface area (Å²) in [5, 5.41) is 13.4. The lowest BCUT2D eigenvalue weighted by atomic mass is 9.62. The number of aliphatic hydroxyl groups is 1. The van der Waals surface area contributed by atoms with Crippen LogP contribution in [-0.4, -0.2) is 58.9 Å². The molecule has 2 heterocycles. The van der Waals surface area contributed by atoms with Gasteiger partial charge in [0.25, 0.3) is 0 Å². The lowest BCUT2D eigenvalue weighted by molar-refractivity contribution is -0.130. The maximum Gasteiger partial charge on any atom is 0.224 e. The predicted molar refractivity (Wildman–Crippen MR) is 108 cm³/mol. The second kappa shape index (κ2) is 6.85. The average Bonchev–Trinajstić information content (AvgIpc) is 2.97. The van der Waals surface area contributed by atoms with Crippen LogP contribution in [0.2, 0.25) is 0 Å². The molecule has 152 valence electrons. The summed E-state index contributed by atoms with van der Waals surface area (Å²) in [6.45, 7) is 3.88. The molecular formula is C22H30FN3O2. The van der Waals surface area contributed by atoms with Crippen LogP contribution in [0.25, 0.3) is 10.9 Å². The van der Waals surface area contributed by atoms with Gasteiger partial charge in [0.15, 0.2) is 0 Å². The van der Waals surface area contributed by atoms with Crippen molar-refractivity contribution in [1.29, 1.82) is 0 Å². The molecule has 0 radical (unpaired) electrons. The van der Waals surface area contributed by atoms with Crippen LogP contribution >= 0.6 is 0 Å². The van der Waals surface area contributed by atoms with Gasteiger partial charge in [-0.25, -0.2) is 4.39 Å². The zero-order valence-corrected chi connectivity index (χ0v) is 17.1. The number of carbonyl (C=O) groups is 1. The van der Waals surface area contributed by atoms with E-state index in [4.69, 9.17) is 0 Å². The molecule has 1 aliphatic carbocycles. The molecule has 5 nitrogen and oxygen atoms in total. The summed E-state index contributed by atoms with van der Waals surface area (Å²) in [7, 11) is 4.16. The molecule has 5 unspecified atom stereocenters. The molecule has 2 N–H and O–H groups in total. The van der Waals surface area contributed by atoms with Gasteiger partial charge in [0.2, 0.25) is 5.91 Å². The van der Waals surface area contributed by atoms with Gasteiger partial charge >= 0.3 is 0 Å². The molecule has 1 fully saturated rings. The minimum absolute atomic E-state index is 0.154. The average molecular weight is 387 g/mol. The number of fused-ring (bicyclic) bond motifs is 2. The molecule has 1 amide bonds. The van der Waals surface area contributed by atoms with E-state index in [1.165, 1.54) is 29.0 Å². The highest BCUT2D eigenvalue weighted by Gasteiger charge is 2.49. The molecule has 5 atom stereocenters. The van der Waals surface area contributed by atoms with Crippen LogP contribution in [0.3, 0.4) is 0 Å². The molecule has 0 spiro atoms. The maximum absolute atomic E-state index is 13.6. The number of nitrogens with zero attached hydrogens (tertiary/aromatic N) is 2. The number of rotatable bonds is 4. The Morgan fingerprint density at radius 2 is 2.18 bits per heavy atom. The number of piperidine rings is 1. The number of likely N-dealkylation sites (N-methyl/N-ethyl adjacent to an activating group) is 1. The number of benzene rings is 1. The van der Waals surface area contributed by atoms with E-state index in [0.29, 0.717) is 12.6 Å². The lowest BCUT2D eigenvalue weighted by Gasteiger charge is -2.52. The van der Waals surface area contributed by atoms with Crippen molar-refractivity contribution in [3.05, 3.63) is 35.5 Å². The number of hydrogen-bond acceptors (Lipinski definition) is 3. The topological polar surface area (TPSA) is 57.5 Å². The number of amides is 1. The smallest absolute Gasteiger partial charge is 0.224 e. The van der Waals surface area contributed by atoms with Gasteiger partial charge in [-0.1, -0.05) is 19.1 Å². The Labute approximate surface area is 165 Å². The van der Waals surface area contributed by atoms with Crippen molar-refractivity contribution < 1.29 is 14.3 Å². The molecule has 2 aliphatic rings. The fraction of sp³-hybridized carbons (Fsp3) is 0.591. The van der Waals surface area contributed by atoms with Crippen molar-refractivity contribution in [1.82, 2.24) is 14.8 Å². The minimum atomic E-state index is -1.28. The lowest BCUT2D eigenvalue weighted by Crippen LogP contribution is -2.60. The summed E-state index contributed by atoms with van der Waals surface area (Å²) in [5.41, 5.74) is 3.75. The highest BCUT2D eigenvalue weighted by atomic mass is 19.1. The number of aromatic nitrogens is 1. The fourth-order valence-corrected chi connectivity index (χ4v) is 5.50. The maximum atomic E-state index is 13.6. The second-order valence-corrected chi connectivity index (χ2v) is 8.92. The third kappa shape index (κ3) is 2.85. The van der Waals surface area contributed by atoms with Crippen molar-refractivity contribution in [2.24, 2.45) is 13.0 Å². The van der Waals surface area contributed by atoms with Crippen LogP contribution in [-0.2, 0) is 23.7 Å². The van der Waals surface area contributed by atoms with Crippen LogP contribution < -0.4 is 5.32 Å². The SMILES string of the molecule is CC(F)C(CO)NC(=O)C1CN(C)C2Cc3cn(C)c4cccc(c34)C2(C)C1. The highest BCUT2D eigenvalue weighted by Crippen LogP contribution is 2.49. The molecule has 4 rings (SSSR count). The zero-order chi connectivity index (χ0) is 20.2. The van der Waals surface area contributed by atoms with E-state index in [9.17, 15) is 14.3 Å². The Bertz CT molecular complexity index is 909. The molecule has 28 heavy (non-hydrogen) atoms. The summed E-state index contributed by atoms with van der Waals surface area (Å²) in [5.74, 6) is -0.402. The number of alkyl halides is 1. The van der Waals surface area contributed by atoms with Gasteiger partial charge in [-0.3, -0.25) is 4.79 Å². The van der Waals surface area contributed by atoms with E-state index in [0.717, 1.165) is 12.8 Å². The van der Waals surface area contributed by atoms with Crippen molar-refractivity contribution >= 4 is 16.8 Å². The van der Waals surface area contributed by atoms with Gasteiger partial charge in [0, 0.05) is 42.1 Å². The van der Waals surface area contributed by atoms with Gasteiger partial charge in [-0.2, -0.15) is 0 Å². The molecular weight excluding hydrogens is 357 g/mol. The van der Waals surface area contributed by atoms with Crippen LogP contribution in [0.5, 0.6) is 0 Å². The normalized spacial score (nSPS) is 29.4. The quantitative estimate of drug-likeness (QED) is 0.845. The van der Waals surface area contributed by atoms with E-state index in [1.807, 2.05) is 0 Å². The van der Waals surface area contributed by atoms with Gasteiger partial charge < -0.3 is 19.9 Å². The van der Waals surface area contributed by atoms with Crippen molar-refractivity contribution in [2.45, 2.75) is 50.4 Å². The van der Waals surface area contributed by atoms with Crippen LogP contribution in [0, 0.1) is 5.92 Å². The molecule has 0 saturated carbocycles. The zero-order valence-electron chi connectivity index (χ0n) is 17.1. The molecule has 1 saturated heterocycles. The summed E-state index contributed by atoms with van der Waals surface area (Å²) < 4.78 is 15.8. The van der Waals surface area contributed by atoms with Gasteiger partial charge in [0.05, 0.1) is 18.6 Å². The number of halogens is 1. The third-order valence-corrected chi connectivity index (χ3v) is 7.02. The summed E-state index contributed by atoms with van der Waals surface area (Å²) in [6, 6.07) is 5.93. The van der Waals surface area contributed by atoms with Gasteiger partial charge in [-0.15, -0.1) is 0 Å². The number of likely N-dealkylation sites (tertiary alicyclic amines) is 1. The Kier molecular flexibility index (Phi) is 4.74. The summed E-state index contributed by atoms with van der Waals surface area (Å²) >= 11 is 0. The van der Waals surface area contributed by atoms with Crippen molar-refractivity contribution in [3.63, 3.8) is 0 Å². The first-order chi connectivity index (χ1) is 13.3. The van der Waals surface area contributed by atoms with Crippen molar-refractivity contribution in [2.75, 3.05) is 20.2 Å². The molecule has 1 aliphatic heterocycles. The van der Waals surface area contributed by atoms with E-state index < -0.39 is 18.8 Å². The van der Waals surface area contributed by atoms with Gasteiger partial charge in [0.1, 0.15) is 6.17 Å². The van der Waals surface area contributed by atoms with E-state index in [2.05, 4.69) is 60.2 Å². The van der Waals surface area contributed by atoms with Gasteiger partial charge in [-0.05, 0) is 44.0 Å². The molecule has 1 aromatic heterocycles. The molecule has 0 bridgehead atoms. The summed E-state index contributed by atoms with van der Waals surface area (Å²) in [6.07, 6.45) is 2.64. The van der Waals surface area contributed by atoms with Crippen molar-refractivity contribution in [3.8, 4) is 0 Å². The summed E-state index contributed by atoms with van der Waals surface area (Å²) in [4.78, 5) is 15.2. The Morgan fingerprint density at radius 1 is 1.43 bits per heavy atom. The first-order valence-corrected chi connectivity index (χ1v) is 10.1. The number of hydrogen-bond donors (Lipinski definition) is 2. The number of carbonyl (C=O) groups excluding carboxylic acids is 1. The van der Waals surface area contributed by atoms with Crippen LogP contribution in [0.1, 0.15) is 31.4 Å². The fourth-order valence-electron chi connectivity index (χ4n) is 5.50. The second-order valence-electron chi connectivity index (χ2n) is 8.92. The standard InChI is InChI=1S/C22H30FN3O2/c1-13(23)17(12-27)24-21(28)15-9-22(2)16-6-5-7-18-20(16)14(10-25(18)3)8-19(22)26(4)11-15/h5-7,10,13,15,17,19,27H,8-9,11-12H2,1-4H3,(H,24,28). The number of nitrogens with one attached hydrogen (secondary N) is 1. The predicted octanol–water partition coefficient (Wildman–Crippen LogP) is 2.15. The first-order valence-electron chi connectivity index (χ1n) is 10.1. The molecule has 6 heteroatoms. The molecule has 2 aromatic rings. The van der Waals surface area contributed by atoms with Crippen LogP contribution in [0.4, 0.5) is 4.39 Å². The highest BCUT2D eigenvalue weighted by molar-refractivity contribution is 5.90. The monoisotopic (exact) mass is 387 g/mol. The van der Waals surface area contributed by atoms with Crippen LogP contribution in [0.15, 0.2) is 24.4 Å². The molecule has 1 aromatic carbocycles. The largest absolute Gasteiger partial charge is 0.394 e.